The number of hydrogen-bond donors (Lipinski definition) is 3. The Morgan fingerprint density at radius 1 is 1.38 bits per heavy atom. The van der Waals surface area contributed by atoms with E-state index in [2.05, 4.69) is 25.4 Å². The Morgan fingerprint density at radius 3 is 2.93 bits per heavy atom. The molecule has 3 aromatic rings. The van der Waals surface area contributed by atoms with E-state index in [1.165, 1.54) is 4.90 Å². The van der Waals surface area contributed by atoms with Crippen molar-refractivity contribution in [1.82, 2.24) is 30.3 Å². The summed E-state index contributed by atoms with van der Waals surface area (Å²) < 4.78 is 5.67. The highest BCUT2D eigenvalue weighted by Crippen LogP contribution is 2.30. The van der Waals surface area contributed by atoms with Crippen LogP contribution in [0.15, 0.2) is 23.0 Å². The SMILES string of the molecule is CCOc1cc(C(=O)N2CC[C@@H](C(=O)O)C2)ccc1-c1nc2[nH]nnc2c(=O)[nH]1. The van der Waals surface area contributed by atoms with Gasteiger partial charge in [-0.25, -0.2) is 10.1 Å². The molecule has 0 saturated carbocycles. The quantitative estimate of drug-likeness (QED) is 0.566. The lowest BCUT2D eigenvalue weighted by atomic mass is 10.1. The van der Waals surface area contributed by atoms with Crippen LogP contribution in [0.1, 0.15) is 23.7 Å². The lowest BCUT2D eigenvalue weighted by Gasteiger charge is -2.17. The summed E-state index contributed by atoms with van der Waals surface area (Å²) in [6.45, 7) is 2.71. The van der Waals surface area contributed by atoms with Gasteiger partial charge >= 0.3 is 5.97 Å². The summed E-state index contributed by atoms with van der Waals surface area (Å²) in [5.41, 5.74) is 0.762. The molecular weight excluding hydrogens is 380 g/mol. The van der Waals surface area contributed by atoms with Crippen molar-refractivity contribution < 1.29 is 19.4 Å². The topological polar surface area (TPSA) is 154 Å². The van der Waals surface area contributed by atoms with Crippen molar-refractivity contribution in [3.8, 4) is 17.1 Å². The third-order valence-electron chi connectivity index (χ3n) is 4.81. The summed E-state index contributed by atoms with van der Waals surface area (Å²) in [5.74, 6) is -1.08. The number of aromatic nitrogens is 5. The first-order valence-corrected chi connectivity index (χ1v) is 9.08. The second-order valence-corrected chi connectivity index (χ2v) is 6.64. The van der Waals surface area contributed by atoms with Gasteiger partial charge in [0.15, 0.2) is 11.2 Å². The van der Waals surface area contributed by atoms with Crippen LogP contribution in [-0.4, -0.2) is 67.0 Å². The molecule has 11 nitrogen and oxygen atoms in total. The Morgan fingerprint density at radius 2 is 2.21 bits per heavy atom. The van der Waals surface area contributed by atoms with Gasteiger partial charge in [-0.05, 0) is 31.5 Å². The molecule has 1 fully saturated rings. The number of benzene rings is 1. The molecule has 0 bridgehead atoms. The maximum atomic E-state index is 12.8. The average molecular weight is 398 g/mol. The van der Waals surface area contributed by atoms with E-state index in [0.29, 0.717) is 36.4 Å². The van der Waals surface area contributed by atoms with E-state index in [4.69, 9.17) is 9.84 Å². The molecule has 29 heavy (non-hydrogen) atoms. The molecule has 0 unspecified atom stereocenters. The van der Waals surface area contributed by atoms with Gasteiger partial charge in [-0.15, -0.1) is 5.10 Å². The van der Waals surface area contributed by atoms with Crippen molar-refractivity contribution in [2.75, 3.05) is 19.7 Å². The predicted molar refractivity (Wildman–Crippen MR) is 101 cm³/mol. The molecule has 4 rings (SSSR count). The number of amides is 1. The van der Waals surface area contributed by atoms with E-state index in [-0.39, 0.29) is 29.4 Å². The number of rotatable bonds is 5. The molecule has 1 aromatic carbocycles. The number of fused-ring (bicyclic) bond motifs is 1. The van der Waals surface area contributed by atoms with Crippen LogP contribution in [0, 0.1) is 5.92 Å². The second-order valence-electron chi connectivity index (χ2n) is 6.64. The van der Waals surface area contributed by atoms with E-state index in [1.54, 1.807) is 25.1 Å². The molecule has 2 aromatic heterocycles. The highest BCUT2D eigenvalue weighted by molar-refractivity contribution is 5.96. The maximum absolute atomic E-state index is 12.8. The summed E-state index contributed by atoms with van der Waals surface area (Å²) in [7, 11) is 0. The molecule has 0 spiro atoms. The predicted octanol–water partition coefficient (Wildman–Crippen LogP) is 0.654. The van der Waals surface area contributed by atoms with Gasteiger partial charge in [0, 0.05) is 18.7 Å². The Bertz CT molecular complexity index is 1150. The van der Waals surface area contributed by atoms with Crippen molar-refractivity contribution >= 4 is 23.0 Å². The van der Waals surface area contributed by atoms with Gasteiger partial charge in [-0.2, -0.15) is 0 Å². The molecule has 1 aliphatic rings. The van der Waals surface area contributed by atoms with Crippen LogP contribution < -0.4 is 10.3 Å². The molecule has 3 heterocycles. The van der Waals surface area contributed by atoms with E-state index in [9.17, 15) is 14.4 Å². The van der Waals surface area contributed by atoms with Crippen LogP contribution in [0.2, 0.25) is 0 Å². The third-order valence-corrected chi connectivity index (χ3v) is 4.81. The second kappa shape index (κ2) is 7.34. The lowest BCUT2D eigenvalue weighted by Crippen LogP contribution is -2.30. The number of nitrogens with zero attached hydrogens (tertiary/aromatic N) is 4. The highest BCUT2D eigenvalue weighted by Gasteiger charge is 2.31. The number of aliphatic carboxylic acids is 1. The third kappa shape index (κ3) is 3.42. The van der Waals surface area contributed by atoms with Crippen molar-refractivity contribution in [2.24, 2.45) is 5.92 Å². The van der Waals surface area contributed by atoms with E-state index < -0.39 is 17.4 Å². The van der Waals surface area contributed by atoms with Crippen LogP contribution in [0.3, 0.4) is 0 Å². The average Bonchev–Trinajstić information content (AvgIpc) is 3.37. The largest absolute Gasteiger partial charge is 0.493 e. The molecule has 1 saturated heterocycles. The zero-order valence-corrected chi connectivity index (χ0v) is 15.5. The molecule has 0 radical (unpaired) electrons. The molecule has 1 atom stereocenters. The number of H-pyrrole nitrogens is 2. The van der Waals surface area contributed by atoms with Gasteiger partial charge in [-0.3, -0.25) is 14.4 Å². The van der Waals surface area contributed by atoms with Gasteiger partial charge in [0.25, 0.3) is 11.5 Å². The van der Waals surface area contributed by atoms with Crippen LogP contribution >= 0.6 is 0 Å². The fourth-order valence-electron chi connectivity index (χ4n) is 3.34. The molecular formula is C18H18N6O5. The molecule has 150 valence electrons. The number of aromatic amines is 2. The van der Waals surface area contributed by atoms with Crippen LogP contribution in [0.25, 0.3) is 22.6 Å². The van der Waals surface area contributed by atoms with Gasteiger partial charge in [0.2, 0.25) is 0 Å². The Labute approximate surface area is 163 Å². The zero-order chi connectivity index (χ0) is 20.5. The van der Waals surface area contributed by atoms with Gasteiger partial charge in [0.05, 0.1) is 18.1 Å². The Hall–Kier alpha value is -3.76. The normalized spacial score (nSPS) is 16.3. The van der Waals surface area contributed by atoms with Gasteiger partial charge in [0.1, 0.15) is 11.6 Å². The zero-order valence-electron chi connectivity index (χ0n) is 15.5. The summed E-state index contributed by atoms with van der Waals surface area (Å²) in [4.78, 5) is 44.6. The van der Waals surface area contributed by atoms with E-state index >= 15 is 0 Å². The number of likely N-dealkylation sites (tertiary alicyclic amines) is 1. The summed E-state index contributed by atoms with van der Waals surface area (Å²) in [5, 5.41) is 18.9. The standard InChI is InChI=1S/C18H18N6O5/c1-2-29-12-7-9(17(26)24-6-5-10(8-24)18(27)28)3-4-11(12)14-19-15-13(16(25)20-14)21-23-22-15/h3-4,7,10H,2,5-6,8H2,1H3,(H,27,28)(H2,19,20,21,22,23,25)/t10-/m1/s1. The summed E-state index contributed by atoms with van der Waals surface area (Å²) in [6, 6.07) is 4.81. The summed E-state index contributed by atoms with van der Waals surface area (Å²) >= 11 is 0. The maximum Gasteiger partial charge on any atom is 0.308 e. The van der Waals surface area contributed by atoms with Crippen LogP contribution in [-0.2, 0) is 4.79 Å². The Kier molecular flexibility index (Phi) is 4.71. The number of nitrogens with one attached hydrogen (secondary N) is 2. The fraction of sp³-hybridized carbons (Fsp3) is 0.333. The summed E-state index contributed by atoms with van der Waals surface area (Å²) in [6.07, 6.45) is 0.431. The van der Waals surface area contributed by atoms with Crippen molar-refractivity contribution in [1.29, 1.82) is 0 Å². The fourth-order valence-corrected chi connectivity index (χ4v) is 3.34. The molecule has 3 N–H and O–H groups in total. The number of hydrogen-bond acceptors (Lipinski definition) is 7. The number of carboxylic acids is 1. The number of carbonyl (C=O) groups is 2. The smallest absolute Gasteiger partial charge is 0.308 e. The van der Waals surface area contributed by atoms with Crippen molar-refractivity contribution in [3.05, 3.63) is 34.1 Å². The minimum absolute atomic E-state index is 0.0977. The van der Waals surface area contributed by atoms with Crippen LogP contribution in [0.5, 0.6) is 5.75 Å². The first-order chi connectivity index (χ1) is 14.0. The number of ether oxygens (including phenoxy) is 1. The Balaban J connectivity index is 1.69. The highest BCUT2D eigenvalue weighted by atomic mass is 16.5. The van der Waals surface area contributed by atoms with Crippen molar-refractivity contribution in [3.63, 3.8) is 0 Å². The minimum atomic E-state index is -0.899. The first-order valence-electron chi connectivity index (χ1n) is 9.08. The molecule has 11 heteroatoms. The monoisotopic (exact) mass is 398 g/mol. The lowest BCUT2D eigenvalue weighted by molar-refractivity contribution is -0.141. The van der Waals surface area contributed by atoms with E-state index in [0.717, 1.165) is 0 Å². The van der Waals surface area contributed by atoms with Crippen LogP contribution in [0.4, 0.5) is 0 Å². The van der Waals surface area contributed by atoms with Crippen molar-refractivity contribution in [2.45, 2.75) is 13.3 Å². The molecule has 1 aliphatic heterocycles. The number of carboxylic acid groups (broad SMARTS) is 1. The number of carbonyl (C=O) groups excluding carboxylic acids is 1. The van der Waals surface area contributed by atoms with Gasteiger partial charge in [-0.1, -0.05) is 5.21 Å². The first kappa shape index (κ1) is 18.6. The molecule has 1 amide bonds. The molecule has 0 aliphatic carbocycles. The van der Waals surface area contributed by atoms with E-state index in [1.807, 2.05) is 0 Å². The minimum Gasteiger partial charge on any atom is -0.493 e. The van der Waals surface area contributed by atoms with Gasteiger partial charge < -0.3 is 19.7 Å².